The fourth-order valence-electron chi connectivity index (χ4n) is 4.24. The third-order valence-electron chi connectivity index (χ3n) is 6.01. The Hall–Kier alpha value is -3.15. The number of hydrogen-bond donors (Lipinski definition) is 0. The number of hydrogen-bond acceptors (Lipinski definition) is 4. The first kappa shape index (κ1) is 22.1. The number of carbonyl (C=O) groups is 2. The van der Waals surface area contributed by atoms with Gasteiger partial charge in [-0.3, -0.25) is 14.5 Å². The van der Waals surface area contributed by atoms with Crippen LogP contribution in [0.4, 0.5) is 4.39 Å². The van der Waals surface area contributed by atoms with E-state index < -0.39 is 0 Å². The van der Waals surface area contributed by atoms with Crippen molar-refractivity contribution in [2.45, 2.75) is 46.3 Å². The summed E-state index contributed by atoms with van der Waals surface area (Å²) in [6.45, 7) is 7.74. The molecule has 0 N–H and O–H groups in total. The summed E-state index contributed by atoms with van der Waals surface area (Å²) in [6, 6.07) is 13.2. The second kappa shape index (κ2) is 9.15. The largest absolute Gasteiger partial charge is 0.491 e. The maximum Gasteiger partial charge on any atom is 0.278 e. The minimum Gasteiger partial charge on any atom is -0.491 e. The Morgan fingerprint density at radius 2 is 1.59 bits per heavy atom. The zero-order valence-electron chi connectivity index (χ0n) is 18.8. The van der Waals surface area contributed by atoms with Crippen molar-refractivity contribution in [1.82, 2.24) is 9.80 Å². The Balaban J connectivity index is 1.68. The molecule has 2 amide bonds. The number of halogens is 1. The molecule has 2 aromatic rings. The molecule has 4 rings (SSSR count). The molecule has 168 valence electrons. The van der Waals surface area contributed by atoms with Crippen molar-refractivity contribution >= 4 is 17.4 Å². The molecule has 6 heteroatoms. The SMILES string of the molecule is CC1CCN(C2=C(c3ccc(OC(C)C)cc3)C(=O)N(Cc3ccc(F)cc3)C2=O)CC1. The van der Waals surface area contributed by atoms with Crippen LogP contribution in [0, 0.1) is 11.7 Å². The van der Waals surface area contributed by atoms with E-state index in [4.69, 9.17) is 4.74 Å². The minimum absolute atomic E-state index is 0.0480. The van der Waals surface area contributed by atoms with Gasteiger partial charge in [0.2, 0.25) is 0 Å². The van der Waals surface area contributed by atoms with Crippen LogP contribution in [0.5, 0.6) is 5.75 Å². The van der Waals surface area contributed by atoms with Crippen molar-refractivity contribution in [1.29, 1.82) is 0 Å². The topological polar surface area (TPSA) is 49.9 Å². The van der Waals surface area contributed by atoms with E-state index in [0.29, 0.717) is 28.3 Å². The molecular formula is C26H29FN2O3. The third kappa shape index (κ3) is 4.54. The Morgan fingerprint density at radius 3 is 2.19 bits per heavy atom. The van der Waals surface area contributed by atoms with Crippen molar-refractivity contribution in [3.05, 3.63) is 71.2 Å². The van der Waals surface area contributed by atoms with Crippen LogP contribution >= 0.6 is 0 Å². The summed E-state index contributed by atoms with van der Waals surface area (Å²) in [7, 11) is 0. The van der Waals surface area contributed by atoms with Crippen LogP contribution < -0.4 is 4.74 Å². The highest BCUT2D eigenvalue weighted by Crippen LogP contribution is 2.35. The summed E-state index contributed by atoms with van der Waals surface area (Å²) >= 11 is 0. The second-order valence-corrected chi connectivity index (χ2v) is 8.91. The Morgan fingerprint density at radius 1 is 0.969 bits per heavy atom. The van der Waals surface area contributed by atoms with E-state index in [2.05, 4.69) is 11.8 Å². The van der Waals surface area contributed by atoms with Gasteiger partial charge in [0.15, 0.2) is 0 Å². The van der Waals surface area contributed by atoms with E-state index in [1.165, 1.54) is 17.0 Å². The number of amides is 2. The molecule has 0 atom stereocenters. The molecule has 0 radical (unpaired) electrons. The first-order valence-corrected chi connectivity index (χ1v) is 11.2. The highest BCUT2D eigenvalue weighted by Gasteiger charge is 2.42. The predicted octanol–water partition coefficient (Wildman–Crippen LogP) is 4.62. The van der Waals surface area contributed by atoms with E-state index in [1.54, 1.807) is 12.1 Å². The van der Waals surface area contributed by atoms with Crippen LogP contribution in [-0.4, -0.2) is 40.8 Å². The van der Waals surface area contributed by atoms with Gasteiger partial charge in [0, 0.05) is 13.1 Å². The van der Waals surface area contributed by atoms with Crippen LogP contribution in [0.15, 0.2) is 54.2 Å². The van der Waals surface area contributed by atoms with Crippen molar-refractivity contribution in [2.75, 3.05) is 13.1 Å². The lowest BCUT2D eigenvalue weighted by molar-refractivity contribution is -0.138. The van der Waals surface area contributed by atoms with Crippen LogP contribution in [-0.2, 0) is 16.1 Å². The molecule has 2 aromatic carbocycles. The molecular weight excluding hydrogens is 407 g/mol. The van der Waals surface area contributed by atoms with Gasteiger partial charge in [0.25, 0.3) is 11.8 Å². The predicted molar refractivity (Wildman–Crippen MR) is 121 cm³/mol. The van der Waals surface area contributed by atoms with E-state index in [9.17, 15) is 14.0 Å². The first-order chi connectivity index (χ1) is 15.3. The van der Waals surface area contributed by atoms with E-state index >= 15 is 0 Å². The number of benzene rings is 2. The minimum atomic E-state index is -0.349. The summed E-state index contributed by atoms with van der Waals surface area (Å²) in [6.07, 6.45) is 2.02. The van der Waals surface area contributed by atoms with Crippen molar-refractivity contribution in [2.24, 2.45) is 5.92 Å². The summed E-state index contributed by atoms with van der Waals surface area (Å²) in [4.78, 5) is 30.3. The maximum absolute atomic E-state index is 13.5. The van der Waals surface area contributed by atoms with E-state index in [1.807, 2.05) is 38.1 Å². The molecule has 0 spiro atoms. The summed E-state index contributed by atoms with van der Waals surface area (Å²) < 4.78 is 19.0. The number of likely N-dealkylation sites (tertiary alicyclic amines) is 1. The quantitative estimate of drug-likeness (QED) is 0.620. The van der Waals surface area contributed by atoms with Gasteiger partial charge in [-0.15, -0.1) is 0 Å². The lowest BCUT2D eigenvalue weighted by atomic mass is 9.97. The molecule has 2 aliphatic rings. The molecule has 2 aliphatic heterocycles. The lowest BCUT2D eigenvalue weighted by Crippen LogP contribution is -2.38. The molecule has 1 fully saturated rings. The number of ether oxygens (including phenoxy) is 1. The highest BCUT2D eigenvalue weighted by atomic mass is 19.1. The lowest BCUT2D eigenvalue weighted by Gasteiger charge is -2.32. The standard InChI is InChI=1S/C26H29FN2O3/c1-17(2)32-22-10-6-20(7-11-22)23-24(28-14-12-18(3)13-15-28)26(31)29(25(23)30)16-19-4-8-21(27)9-5-19/h4-11,17-18H,12-16H2,1-3H3. The Labute approximate surface area is 188 Å². The fraction of sp³-hybridized carbons (Fsp3) is 0.385. The van der Waals surface area contributed by atoms with E-state index in [-0.39, 0.29) is 30.3 Å². The number of nitrogens with zero attached hydrogens (tertiary/aromatic N) is 2. The molecule has 32 heavy (non-hydrogen) atoms. The molecule has 0 aliphatic carbocycles. The number of rotatable bonds is 6. The molecule has 0 unspecified atom stereocenters. The summed E-state index contributed by atoms with van der Waals surface area (Å²) in [5.74, 6) is 0.373. The van der Waals surface area contributed by atoms with E-state index in [0.717, 1.165) is 31.7 Å². The van der Waals surface area contributed by atoms with Gasteiger partial charge < -0.3 is 9.64 Å². The normalized spacial score (nSPS) is 17.7. The summed E-state index contributed by atoms with van der Waals surface area (Å²) in [5, 5.41) is 0. The Bertz CT molecular complexity index is 1020. The zero-order valence-corrected chi connectivity index (χ0v) is 18.8. The van der Waals surface area contributed by atoms with Gasteiger partial charge in [0.1, 0.15) is 17.3 Å². The fourth-order valence-corrected chi connectivity index (χ4v) is 4.24. The average Bonchev–Trinajstić information content (AvgIpc) is 3.01. The van der Waals surface area contributed by atoms with Gasteiger partial charge in [0.05, 0.1) is 18.2 Å². The number of piperidine rings is 1. The van der Waals surface area contributed by atoms with Gasteiger partial charge >= 0.3 is 0 Å². The van der Waals surface area contributed by atoms with Crippen molar-refractivity contribution in [3.8, 4) is 5.75 Å². The molecule has 0 aromatic heterocycles. The molecule has 0 bridgehead atoms. The monoisotopic (exact) mass is 436 g/mol. The maximum atomic E-state index is 13.5. The molecule has 2 heterocycles. The highest BCUT2D eigenvalue weighted by molar-refractivity contribution is 6.35. The third-order valence-corrected chi connectivity index (χ3v) is 6.01. The van der Waals surface area contributed by atoms with Crippen molar-refractivity contribution < 1.29 is 18.7 Å². The van der Waals surface area contributed by atoms with Gasteiger partial charge in [-0.1, -0.05) is 31.2 Å². The smallest absolute Gasteiger partial charge is 0.278 e. The number of carbonyl (C=O) groups excluding carboxylic acids is 2. The van der Waals surface area contributed by atoms with Crippen molar-refractivity contribution in [3.63, 3.8) is 0 Å². The second-order valence-electron chi connectivity index (χ2n) is 8.91. The van der Waals surface area contributed by atoms with Gasteiger partial charge in [-0.25, -0.2) is 4.39 Å². The molecule has 1 saturated heterocycles. The zero-order chi connectivity index (χ0) is 22.8. The van der Waals surface area contributed by atoms with Gasteiger partial charge in [-0.05, 0) is 68.0 Å². The average molecular weight is 437 g/mol. The van der Waals surface area contributed by atoms with Crippen LogP contribution in [0.1, 0.15) is 44.7 Å². The molecule has 0 saturated carbocycles. The first-order valence-electron chi connectivity index (χ1n) is 11.2. The number of imide groups is 1. The summed E-state index contributed by atoms with van der Waals surface area (Å²) in [5.41, 5.74) is 2.32. The molecule has 5 nitrogen and oxygen atoms in total. The van der Waals surface area contributed by atoms with Gasteiger partial charge in [-0.2, -0.15) is 0 Å². The van der Waals surface area contributed by atoms with Crippen LogP contribution in [0.25, 0.3) is 5.57 Å². The van der Waals surface area contributed by atoms with Crippen LogP contribution in [0.2, 0.25) is 0 Å². The van der Waals surface area contributed by atoms with Crippen LogP contribution in [0.3, 0.4) is 0 Å². The Kier molecular flexibility index (Phi) is 6.31.